The molecule has 1 aromatic carbocycles. The zero-order valence-corrected chi connectivity index (χ0v) is 11.4. The number of nitrogens with one attached hydrogen (secondary N) is 1. The molecule has 0 atom stereocenters. The molecule has 0 fully saturated rings. The van der Waals surface area contributed by atoms with Crippen LogP contribution in [0.25, 0.3) is 0 Å². The second-order valence-corrected chi connectivity index (χ2v) is 4.71. The molecule has 0 spiro atoms. The molecular formula is C12H12F6N2S. The minimum Gasteiger partial charge on any atom is -0.389 e. The van der Waals surface area contributed by atoms with Gasteiger partial charge in [-0.1, -0.05) is 12.2 Å². The second-order valence-electron chi connectivity index (χ2n) is 4.27. The predicted octanol–water partition coefficient (Wildman–Crippen LogP) is 4.09. The molecule has 0 amide bonds. The lowest BCUT2D eigenvalue weighted by Crippen LogP contribution is -2.18. The fourth-order valence-electron chi connectivity index (χ4n) is 1.63. The van der Waals surface area contributed by atoms with Crippen LogP contribution in [0.3, 0.4) is 0 Å². The Bertz CT molecular complexity index is 509. The van der Waals surface area contributed by atoms with Crippen molar-refractivity contribution in [2.75, 3.05) is 11.9 Å². The lowest BCUT2D eigenvalue weighted by Gasteiger charge is -2.15. The summed E-state index contributed by atoms with van der Waals surface area (Å²) in [5, 5.41) is 2.51. The number of rotatable bonds is 5. The Morgan fingerprint density at radius 2 is 1.76 bits per heavy atom. The van der Waals surface area contributed by atoms with Gasteiger partial charge in [0, 0.05) is 24.2 Å². The van der Waals surface area contributed by atoms with Gasteiger partial charge >= 0.3 is 12.4 Å². The van der Waals surface area contributed by atoms with Crippen molar-refractivity contribution in [2.24, 2.45) is 5.73 Å². The van der Waals surface area contributed by atoms with E-state index in [4.69, 9.17) is 5.73 Å². The molecule has 0 aliphatic rings. The van der Waals surface area contributed by atoms with E-state index in [0.29, 0.717) is 0 Å². The molecule has 3 N–H and O–H groups in total. The normalized spacial score (nSPS) is 12.3. The third-order valence-corrected chi connectivity index (χ3v) is 2.78. The second kappa shape index (κ2) is 6.50. The molecule has 0 aliphatic heterocycles. The lowest BCUT2D eigenvalue weighted by molar-refractivity contribution is -0.137. The first kappa shape index (κ1) is 17.5. The molecule has 0 saturated heterocycles. The van der Waals surface area contributed by atoms with Crippen LogP contribution < -0.4 is 11.1 Å². The van der Waals surface area contributed by atoms with Gasteiger partial charge in [-0.2, -0.15) is 26.3 Å². The molecule has 1 rings (SSSR count). The maximum absolute atomic E-state index is 12.8. The molecule has 0 heterocycles. The number of hydrogen-bond donors (Lipinski definition) is 2. The van der Waals surface area contributed by atoms with Crippen molar-refractivity contribution in [3.8, 4) is 0 Å². The van der Waals surface area contributed by atoms with E-state index < -0.39 is 29.3 Å². The lowest BCUT2D eigenvalue weighted by atomic mass is 10.1. The summed E-state index contributed by atoms with van der Waals surface area (Å²) in [4.78, 5) is -0.397. The molecule has 9 heteroatoms. The topological polar surface area (TPSA) is 38.0 Å². The number of thiocarbonyl (C=S) groups is 1. The third kappa shape index (κ3) is 5.78. The first-order valence-corrected chi connectivity index (χ1v) is 6.23. The minimum atomic E-state index is -4.65. The predicted molar refractivity (Wildman–Crippen MR) is 71.1 cm³/mol. The highest BCUT2D eigenvalue weighted by Gasteiger charge is 2.34. The molecule has 0 unspecified atom stereocenters. The number of alkyl halides is 6. The van der Waals surface area contributed by atoms with Gasteiger partial charge in [-0.3, -0.25) is 0 Å². The van der Waals surface area contributed by atoms with Crippen LogP contribution in [-0.2, 0) is 6.18 Å². The van der Waals surface area contributed by atoms with Crippen LogP contribution in [0.2, 0.25) is 0 Å². The maximum atomic E-state index is 12.8. The van der Waals surface area contributed by atoms with Crippen molar-refractivity contribution in [3.63, 3.8) is 0 Å². The van der Waals surface area contributed by atoms with Gasteiger partial charge in [-0.25, -0.2) is 0 Å². The van der Waals surface area contributed by atoms with Gasteiger partial charge in [-0.15, -0.1) is 0 Å². The van der Waals surface area contributed by atoms with E-state index in [2.05, 4.69) is 17.5 Å². The van der Waals surface area contributed by atoms with Gasteiger partial charge in [0.15, 0.2) is 0 Å². The highest BCUT2D eigenvalue weighted by Crippen LogP contribution is 2.34. The Morgan fingerprint density at radius 1 is 1.14 bits per heavy atom. The van der Waals surface area contributed by atoms with E-state index >= 15 is 0 Å². The molecule has 21 heavy (non-hydrogen) atoms. The van der Waals surface area contributed by atoms with Gasteiger partial charge in [0.1, 0.15) is 4.99 Å². The van der Waals surface area contributed by atoms with E-state index in [9.17, 15) is 26.3 Å². The zero-order chi connectivity index (χ0) is 16.3. The molecule has 0 saturated carbocycles. The Kier molecular flexibility index (Phi) is 5.43. The standard InChI is InChI=1S/C12H12F6N2S/c13-11(14,15)4-1-5-20-7-2-3-8(10(19)21)9(6-7)12(16,17)18/h2-3,6,20H,1,4-5H2,(H2,19,21). The highest BCUT2D eigenvalue weighted by atomic mass is 32.1. The van der Waals surface area contributed by atoms with Crippen molar-refractivity contribution in [1.82, 2.24) is 0 Å². The van der Waals surface area contributed by atoms with Crippen molar-refractivity contribution in [3.05, 3.63) is 29.3 Å². The molecule has 118 valence electrons. The van der Waals surface area contributed by atoms with Crippen LogP contribution in [0.1, 0.15) is 24.0 Å². The summed E-state index contributed by atoms with van der Waals surface area (Å²) >= 11 is 4.54. The molecular weight excluding hydrogens is 318 g/mol. The van der Waals surface area contributed by atoms with Gasteiger partial charge in [0.25, 0.3) is 0 Å². The summed E-state index contributed by atoms with van der Waals surface area (Å²) in [7, 11) is 0. The van der Waals surface area contributed by atoms with E-state index in [1.54, 1.807) is 0 Å². The van der Waals surface area contributed by atoms with Gasteiger partial charge in [-0.05, 0) is 24.6 Å². The quantitative estimate of drug-likeness (QED) is 0.485. The SMILES string of the molecule is NC(=S)c1ccc(NCCCC(F)(F)F)cc1C(F)(F)F. The van der Waals surface area contributed by atoms with Crippen molar-refractivity contribution < 1.29 is 26.3 Å². The van der Waals surface area contributed by atoms with Gasteiger partial charge in [0.05, 0.1) is 5.56 Å². The number of anilines is 1. The Morgan fingerprint density at radius 3 is 2.24 bits per heavy atom. The third-order valence-electron chi connectivity index (χ3n) is 2.56. The van der Waals surface area contributed by atoms with E-state index in [0.717, 1.165) is 12.1 Å². The Hall–Kier alpha value is -1.51. The minimum absolute atomic E-state index is 0.0597. The van der Waals surface area contributed by atoms with Crippen LogP contribution in [0.4, 0.5) is 32.0 Å². The van der Waals surface area contributed by atoms with Crippen LogP contribution in [-0.4, -0.2) is 17.7 Å². The Labute approximate surface area is 122 Å². The van der Waals surface area contributed by atoms with E-state index in [-0.39, 0.29) is 24.2 Å². The molecule has 0 bridgehead atoms. The Balaban J connectivity index is 2.80. The highest BCUT2D eigenvalue weighted by molar-refractivity contribution is 7.80. The zero-order valence-electron chi connectivity index (χ0n) is 10.6. The molecule has 0 radical (unpaired) electrons. The smallest absolute Gasteiger partial charge is 0.389 e. The summed E-state index contributed by atoms with van der Waals surface area (Å²) in [6.45, 7) is -0.0940. The first-order valence-electron chi connectivity index (χ1n) is 5.82. The monoisotopic (exact) mass is 330 g/mol. The van der Waals surface area contributed by atoms with Crippen molar-refractivity contribution >= 4 is 22.9 Å². The molecule has 2 nitrogen and oxygen atoms in total. The maximum Gasteiger partial charge on any atom is 0.417 e. The number of hydrogen-bond acceptors (Lipinski definition) is 2. The summed E-state index contributed by atoms with van der Waals surface area (Å²) in [5.41, 5.74) is 3.94. The van der Waals surface area contributed by atoms with E-state index in [1.807, 2.05) is 0 Å². The van der Waals surface area contributed by atoms with Crippen LogP contribution in [0.5, 0.6) is 0 Å². The summed E-state index contributed by atoms with van der Waals surface area (Å²) in [6.07, 6.45) is -10.2. The van der Waals surface area contributed by atoms with Crippen LogP contribution >= 0.6 is 12.2 Å². The van der Waals surface area contributed by atoms with Gasteiger partial charge < -0.3 is 11.1 Å². The molecule has 1 aromatic rings. The molecule has 0 aromatic heterocycles. The van der Waals surface area contributed by atoms with Crippen LogP contribution in [0, 0.1) is 0 Å². The molecule has 0 aliphatic carbocycles. The first-order chi connectivity index (χ1) is 9.50. The number of halogens is 6. The van der Waals surface area contributed by atoms with Crippen molar-refractivity contribution in [1.29, 1.82) is 0 Å². The average Bonchev–Trinajstić information content (AvgIpc) is 2.32. The summed E-state index contributed by atoms with van der Waals surface area (Å²) < 4.78 is 74.3. The van der Waals surface area contributed by atoms with Crippen molar-refractivity contribution in [2.45, 2.75) is 25.2 Å². The summed E-state index contributed by atoms with van der Waals surface area (Å²) in [6, 6.07) is 3.16. The average molecular weight is 330 g/mol. The fourth-order valence-corrected chi connectivity index (χ4v) is 1.80. The largest absolute Gasteiger partial charge is 0.417 e. The summed E-state index contributed by atoms with van der Waals surface area (Å²) in [5.74, 6) is 0. The van der Waals surface area contributed by atoms with Gasteiger partial charge in [0.2, 0.25) is 0 Å². The number of nitrogens with two attached hydrogens (primary N) is 1. The van der Waals surface area contributed by atoms with Crippen LogP contribution in [0.15, 0.2) is 18.2 Å². The van der Waals surface area contributed by atoms with E-state index in [1.165, 1.54) is 6.07 Å². The fraction of sp³-hybridized carbons (Fsp3) is 0.417. The number of benzene rings is 1.